The van der Waals surface area contributed by atoms with E-state index in [1.165, 1.54) is 5.56 Å². The Morgan fingerprint density at radius 3 is 2.19 bits per heavy atom. The van der Waals surface area contributed by atoms with Crippen molar-refractivity contribution in [2.24, 2.45) is 0 Å². The van der Waals surface area contributed by atoms with Gasteiger partial charge in [-0.2, -0.15) is 4.89 Å². The molecule has 0 unspecified atom stereocenters. The smallest absolute Gasteiger partial charge is 0.375 e. The number of rotatable bonds is 8. The summed E-state index contributed by atoms with van der Waals surface area (Å²) in [4.78, 5) is 35.5. The molecule has 166 valence electrons. The van der Waals surface area contributed by atoms with Crippen LogP contribution in [0.1, 0.15) is 47.1 Å². The Labute approximate surface area is 188 Å². The van der Waals surface area contributed by atoms with Crippen LogP contribution in [0.3, 0.4) is 0 Å². The maximum Gasteiger partial charge on any atom is 0.375 e. The van der Waals surface area contributed by atoms with E-state index in [1.807, 2.05) is 24.3 Å². The molecular weight excluding hydrogens is 404 g/mol. The number of amides is 1. The van der Waals surface area contributed by atoms with Crippen LogP contribution in [0.2, 0.25) is 0 Å². The maximum atomic E-state index is 12.7. The Kier molecular flexibility index (Phi) is 7.63. The van der Waals surface area contributed by atoms with E-state index in [2.05, 4.69) is 22.8 Å². The van der Waals surface area contributed by atoms with Gasteiger partial charge >= 0.3 is 5.97 Å². The Bertz CT molecular complexity index is 1040. The van der Waals surface area contributed by atoms with E-state index in [0.29, 0.717) is 17.8 Å². The predicted octanol–water partition coefficient (Wildman–Crippen LogP) is 5.48. The van der Waals surface area contributed by atoms with Crippen LogP contribution in [0.25, 0.3) is 0 Å². The first kappa shape index (κ1) is 23.0. The van der Waals surface area contributed by atoms with Crippen molar-refractivity contribution in [3.8, 4) is 0 Å². The minimum atomic E-state index is -0.681. The molecule has 0 fully saturated rings. The molecule has 6 heteroatoms. The van der Waals surface area contributed by atoms with Gasteiger partial charge in [-0.15, -0.1) is 0 Å². The molecule has 0 aliphatic heterocycles. The fraction of sp³-hybridized carbons (Fsp3) is 0.231. The van der Waals surface area contributed by atoms with Crippen molar-refractivity contribution >= 4 is 23.3 Å². The van der Waals surface area contributed by atoms with Crippen molar-refractivity contribution in [2.45, 2.75) is 32.8 Å². The van der Waals surface area contributed by atoms with E-state index in [9.17, 15) is 9.59 Å². The van der Waals surface area contributed by atoms with Crippen molar-refractivity contribution in [2.75, 3.05) is 17.2 Å². The van der Waals surface area contributed by atoms with Crippen molar-refractivity contribution in [1.29, 1.82) is 0 Å². The fourth-order valence-corrected chi connectivity index (χ4v) is 2.92. The molecule has 3 aromatic rings. The zero-order valence-corrected chi connectivity index (χ0v) is 18.6. The van der Waals surface area contributed by atoms with E-state index in [1.54, 1.807) is 63.2 Å². The summed E-state index contributed by atoms with van der Waals surface area (Å²) in [7, 11) is 0. The van der Waals surface area contributed by atoms with Gasteiger partial charge in [-0.05, 0) is 63.1 Å². The summed E-state index contributed by atoms with van der Waals surface area (Å²) in [5.41, 5.74) is 2.37. The monoisotopic (exact) mass is 432 g/mol. The summed E-state index contributed by atoms with van der Waals surface area (Å²) < 4.78 is 0. The van der Waals surface area contributed by atoms with Gasteiger partial charge in [0.2, 0.25) is 0 Å². The molecule has 2 N–H and O–H groups in total. The highest BCUT2D eigenvalue weighted by Crippen LogP contribution is 2.24. The number of anilines is 2. The zero-order valence-electron chi connectivity index (χ0n) is 18.6. The lowest BCUT2D eigenvalue weighted by atomic mass is 10.1. The van der Waals surface area contributed by atoms with Gasteiger partial charge in [0, 0.05) is 17.8 Å². The first-order valence-corrected chi connectivity index (χ1v) is 10.5. The maximum absolute atomic E-state index is 12.7. The van der Waals surface area contributed by atoms with Gasteiger partial charge in [0.05, 0.1) is 11.3 Å². The summed E-state index contributed by atoms with van der Waals surface area (Å²) in [6.07, 6.45) is 0.843. The van der Waals surface area contributed by atoms with Crippen LogP contribution in [-0.4, -0.2) is 24.0 Å². The van der Waals surface area contributed by atoms with Crippen molar-refractivity contribution in [1.82, 2.24) is 0 Å². The van der Waals surface area contributed by atoms with Crippen LogP contribution >= 0.6 is 0 Å². The molecule has 0 saturated carbocycles. The predicted molar refractivity (Wildman–Crippen MR) is 126 cm³/mol. The number of hydrogen-bond donors (Lipinski definition) is 2. The second kappa shape index (κ2) is 10.6. The van der Waals surface area contributed by atoms with Crippen molar-refractivity contribution < 1.29 is 19.4 Å². The molecule has 0 saturated heterocycles. The van der Waals surface area contributed by atoms with E-state index >= 15 is 0 Å². The Morgan fingerprint density at radius 2 is 1.53 bits per heavy atom. The van der Waals surface area contributed by atoms with Gasteiger partial charge in [0.15, 0.2) is 0 Å². The molecule has 1 amide bonds. The second-order valence-electron chi connectivity index (χ2n) is 8.31. The lowest BCUT2D eigenvalue weighted by Crippen LogP contribution is -2.23. The SMILES string of the molecule is CC(C)(C)OOC(=O)c1ccc(NCCc2ccccc2)cc1NC(=O)c1ccccc1. The molecule has 0 spiro atoms. The molecule has 6 nitrogen and oxygen atoms in total. The fourth-order valence-electron chi connectivity index (χ4n) is 2.92. The highest BCUT2D eigenvalue weighted by molar-refractivity contribution is 6.08. The average Bonchev–Trinajstić information content (AvgIpc) is 2.78. The molecule has 0 aliphatic carbocycles. The van der Waals surface area contributed by atoms with E-state index in [0.717, 1.165) is 12.1 Å². The second-order valence-corrected chi connectivity index (χ2v) is 8.31. The lowest BCUT2D eigenvalue weighted by Gasteiger charge is -2.18. The lowest BCUT2D eigenvalue weighted by molar-refractivity contribution is -0.301. The molecule has 0 atom stereocenters. The van der Waals surface area contributed by atoms with E-state index < -0.39 is 11.6 Å². The molecule has 0 heterocycles. The number of hydrogen-bond acceptors (Lipinski definition) is 5. The van der Waals surface area contributed by atoms with E-state index in [-0.39, 0.29) is 11.5 Å². The molecule has 3 aromatic carbocycles. The largest absolute Gasteiger partial charge is 0.385 e. The Hall–Kier alpha value is -3.64. The standard InChI is InChI=1S/C26H28N2O4/c1-26(2,3)32-31-25(30)22-15-14-21(27-17-16-19-10-6-4-7-11-19)18-23(22)28-24(29)20-12-8-5-9-13-20/h4-15,18,27H,16-17H2,1-3H3,(H,28,29). The van der Waals surface area contributed by atoms with Crippen molar-refractivity contribution in [3.05, 3.63) is 95.6 Å². The molecule has 3 rings (SSSR count). The Morgan fingerprint density at radius 1 is 0.875 bits per heavy atom. The summed E-state index contributed by atoms with van der Waals surface area (Å²) in [6, 6.07) is 24.1. The van der Waals surface area contributed by atoms with Gasteiger partial charge in [0.25, 0.3) is 5.91 Å². The highest BCUT2D eigenvalue weighted by Gasteiger charge is 2.20. The van der Waals surface area contributed by atoms with Crippen LogP contribution in [0.15, 0.2) is 78.9 Å². The van der Waals surface area contributed by atoms with Crippen LogP contribution < -0.4 is 10.6 Å². The third-order valence-electron chi connectivity index (χ3n) is 4.48. The Balaban J connectivity index is 1.77. The molecular formula is C26H28N2O4. The van der Waals surface area contributed by atoms with Crippen molar-refractivity contribution in [3.63, 3.8) is 0 Å². The third kappa shape index (κ3) is 6.96. The molecule has 0 aliphatic rings. The van der Waals surface area contributed by atoms with E-state index in [4.69, 9.17) is 9.78 Å². The van der Waals surface area contributed by atoms with Crippen LogP contribution in [0.4, 0.5) is 11.4 Å². The van der Waals surface area contributed by atoms with Gasteiger partial charge in [-0.3, -0.25) is 9.68 Å². The summed E-state index contributed by atoms with van der Waals surface area (Å²) >= 11 is 0. The topological polar surface area (TPSA) is 76.7 Å². The van der Waals surface area contributed by atoms with Gasteiger partial charge in [-0.25, -0.2) is 4.79 Å². The van der Waals surface area contributed by atoms with Crippen LogP contribution in [0.5, 0.6) is 0 Å². The zero-order chi connectivity index (χ0) is 23.0. The number of nitrogens with one attached hydrogen (secondary N) is 2. The van der Waals surface area contributed by atoms with Gasteiger partial charge < -0.3 is 10.6 Å². The molecule has 0 bridgehead atoms. The average molecular weight is 433 g/mol. The molecule has 32 heavy (non-hydrogen) atoms. The van der Waals surface area contributed by atoms with Gasteiger partial charge in [0.1, 0.15) is 5.60 Å². The number of carbonyl (C=O) groups is 2. The quantitative estimate of drug-likeness (QED) is 0.364. The first-order chi connectivity index (χ1) is 15.3. The number of benzene rings is 3. The summed E-state index contributed by atoms with van der Waals surface area (Å²) in [5, 5.41) is 6.15. The summed E-state index contributed by atoms with van der Waals surface area (Å²) in [5.74, 6) is -1.00. The molecule has 0 aromatic heterocycles. The normalized spacial score (nSPS) is 11.0. The summed E-state index contributed by atoms with van der Waals surface area (Å²) in [6.45, 7) is 6.03. The minimum absolute atomic E-state index is 0.201. The molecule has 0 radical (unpaired) electrons. The van der Waals surface area contributed by atoms with Gasteiger partial charge in [-0.1, -0.05) is 48.5 Å². The third-order valence-corrected chi connectivity index (χ3v) is 4.48. The first-order valence-electron chi connectivity index (χ1n) is 10.5. The van der Waals surface area contributed by atoms with Crippen LogP contribution in [-0.2, 0) is 16.2 Å². The highest BCUT2D eigenvalue weighted by atomic mass is 17.2. The minimum Gasteiger partial charge on any atom is -0.385 e. The van der Waals surface area contributed by atoms with Crippen LogP contribution in [0, 0.1) is 0 Å². The number of carbonyl (C=O) groups excluding carboxylic acids is 2.